The number of fused-ring (bicyclic) bond motifs is 1. The molecule has 1 saturated carbocycles. The van der Waals surface area contributed by atoms with E-state index < -0.39 is 32.8 Å². The third-order valence-corrected chi connectivity index (χ3v) is 8.03. The van der Waals surface area contributed by atoms with Crippen LogP contribution in [0.4, 0.5) is 17.6 Å². The zero-order chi connectivity index (χ0) is 25.6. The fraction of sp³-hybridized carbons (Fsp3) is 0.440. The molecule has 1 aliphatic rings. The van der Waals surface area contributed by atoms with E-state index in [-0.39, 0.29) is 23.1 Å². The molecule has 0 radical (unpaired) electrons. The summed E-state index contributed by atoms with van der Waals surface area (Å²) in [6.45, 7) is 4.76. The minimum atomic E-state index is -4.65. The first-order chi connectivity index (χ1) is 16.3. The fourth-order valence-electron chi connectivity index (χ4n) is 4.40. The Balaban J connectivity index is 1.84. The molecule has 0 saturated heterocycles. The van der Waals surface area contributed by atoms with E-state index in [0.29, 0.717) is 42.5 Å². The molecule has 2 aromatic carbocycles. The molecule has 10 heteroatoms. The number of hydrogen-bond donors (Lipinski definition) is 1. The number of sulfonamides is 1. The molecular weight excluding hydrogens is 484 g/mol. The predicted octanol–water partition coefficient (Wildman–Crippen LogP) is 5.72. The topological polar surface area (TPSA) is 60.3 Å². The van der Waals surface area contributed by atoms with Crippen LogP contribution in [-0.4, -0.2) is 32.0 Å². The van der Waals surface area contributed by atoms with Crippen LogP contribution >= 0.6 is 0 Å². The molecule has 0 spiro atoms. The minimum Gasteiger partial charge on any atom is -0.384 e. The Morgan fingerprint density at radius 1 is 1.11 bits per heavy atom. The van der Waals surface area contributed by atoms with E-state index in [1.165, 1.54) is 30.3 Å². The molecule has 1 aliphatic carbocycles. The molecule has 0 atom stereocenters. The second kappa shape index (κ2) is 9.22. The number of alkyl halides is 3. The monoisotopic (exact) mass is 512 g/mol. The molecule has 0 amide bonds. The first-order valence-corrected chi connectivity index (χ1v) is 12.8. The first kappa shape index (κ1) is 25.7. The van der Waals surface area contributed by atoms with Gasteiger partial charge in [0.05, 0.1) is 17.4 Å². The molecule has 190 valence electrons. The van der Waals surface area contributed by atoms with Crippen LogP contribution in [0, 0.1) is 11.2 Å². The number of aromatic nitrogens is 1. The molecule has 0 aliphatic heterocycles. The highest BCUT2D eigenvalue weighted by molar-refractivity contribution is 7.90. The molecule has 4 rings (SSSR count). The maximum absolute atomic E-state index is 15.3. The van der Waals surface area contributed by atoms with E-state index >= 15 is 4.39 Å². The lowest BCUT2D eigenvalue weighted by Crippen LogP contribution is -2.26. The van der Waals surface area contributed by atoms with Crippen LogP contribution in [0.1, 0.15) is 37.8 Å². The van der Waals surface area contributed by atoms with Crippen molar-refractivity contribution in [2.24, 2.45) is 5.41 Å². The van der Waals surface area contributed by atoms with Crippen molar-refractivity contribution in [1.29, 1.82) is 0 Å². The number of methoxy groups -OCH3 is 1. The summed E-state index contributed by atoms with van der Waals surface area (Å²) in [4.78, 5) is 0. The number of hydrogen-bond acceptors (Lipinski definition) is 3. The fourth-order valence-corrected chi connectivity index (χ4v) is 5.75. The summed E-state index contributed by atoms with van der Waals surface area (Å²) in [7, 11) is -1.89. The Hall–Kier alpha value is -2.43. The van der Waals surface area contributed by atoms with E-state index in [9.17, 15) is 21.6 Å². The average Bonchev–Trinajstić information content (AvgIpc) is 3.57. The molecule has 1 N–H and O–H groups in total. The third-order valence-electron chi connectivity index (χ3n) is 6.14. The summed E-state index contributed by atoms with van der Waals surface area (Å²) in [6.07, 6.45) is -1.69. The van der Waals surface area contributed by atoms with Crippen molar-refractivity contribution >= 4 is 20.9 Å². The zero-order valence-corrected chi connectivity index (χ0v) is 20.6. The van der Waals surface area contributed by atoms with Crippen molar-refractivity contribution in [2.45, 2.75) is 51.2 Å². The van der Waals surface area contributed by atoms with Crippen LogP contribution in [0.2, 0.25) is 0 Å². The molecule has 0 unspecified atom stereocenters. The lowest BCUT2D eigenvalue weighted by molar-refractivity contribution is -0.137. The van der Waals surface area contributed by atoms with E-state index in [2.05, 4.69) is 4.72 Å². The van der Waals surface area contributed by atoms with E-state index in [0.717, 1.165) is 6.07 Å². The van der Waals surface area contributed by atoms with Gasteiger partial charge in [-0.3, -0.25) is 0 Å². The van der Waals surface area contributed by atoms with Crippen LogP contribution in [0.5, 0.6) is 0 Å². The molecule has 1 heterocycles. The molecule has 3 aromatic rings. The summed E-state index contributed by atoms with van der Waals surface area (Å²) in [6, 6.07) is 7.49. The van der Waals surface area contributed by atoms with Gasteiger partial charge in [0.15, 0.2) is 0 Å². The van der Waals surface area contributed by atoms with Crippen molar-refractivity contribution in [2.75, 3.05) is 13.7 Å². The van der Waals surface area contributed by atoms with Crippen LogP contribution in [0.3, 0.4) is 0 Å². The summed E-state index contributed by atoms with van der Waals surface area (Å²) in [5.41, 5.74) is -0.619. The van der Waals surface area contributed by atoms with Gasteiger partial charge in [-0.1, -0.05) is 32.0 Å². The van der Waals surface area contributed by atoms with Crippen LogP contribution < -0.4 is 4.72 Å². The molecule has 35 heavy (non-hydrogen) atoms. The van der Waals surface area contributed by atoms with E-state index in [4.69, 9.17) is 4.74 Å². The average molecular weight is 513 g/mol. The van der Waals surface area contributed by atoms with Gasteiger partial charge in [0.2, 0.25) is 10.0 Å². The number of halogens is 4. The zero-order valence-electron chi connectivity index (χ0n) is 19.7. The highest BCUT2D eigenvalue weighted by Gasteiger charge is 2.36. The van der Waals surface area contributed by atoms with E-state index in [1.807, 2.05) is 18.4 Å². The molecule has 1 aromatic heterocycles. The van der Waals surface area contributed by atoms with Crippen molar-refractivity contribution < 1.29 is 30.7 Å². The molecule has 1 fully saturated rings. The summed E-state index contributed by atoms with van der Waals surface area (Å²) < 4.78 is 90.6. The first-order valence-electron chi connectivity index (χ1n) is 11.3. The van der Waals surface area contributed by atoms with Crippen LogP contribution in [0.25, 0.3) is 22.0 Å². The van der Waals surface area contributed by atoms with Crippen molar-refractivity contribution in [3.63, 3.8) is 0 Å². The van der Waals surface area contributed by atoms with Crippen molar-refractivity contribution in [1.82, 2.24) is 9.29 Å². The molecule has 5 nitrogen and oxygen atoms in total. The Morgan fingerprint density at radius 2 is 1.80 bits per heavy atom. The summed E-state index contributed by atoms with van der Waals surface area (Å²) in [5, 5.41) is 0.0427. The molecular formula is C25H28F4N2O3S. The Morgan fingerprint density at radius 3 is 2.43 bits per heavy atom. The number of benzene rings is 2. The SMILES string of the molecule is COCC(C)(C)Cn1cc(CNS(=O)(=O)C2CC2)c2cc(F)c(-c3ccccc3C(F)(F)F)cc21. The van der Waals surface area contributed by atoms with Gasteiger partial charge >= 0.3 is 6.18 Å². The van der Waals surface area contributed by atoms with Crippen molar-refractivity contribution in [3.05, 3.63) is 59.5 Å². The largest absolute Gasteiger partial charge is 0.417 e. The summed E-state index contributed by atoms with van der Waals surface area (Å²) >= 11 is 0. The normalized spacial score (nSPS) is 15.2. The maximum Gasteiger partial charge on any atom is 0.417 e. The van der Waals surface area contributed by atoms with Gasteiger partial charge in [0.25, 0.3) is 0 Å². The highest BCUT2D eigenvalue weighted by Crippen LogP contribution is 2.40. The Kier molecular flexibility index (Phi) is 6.76. The summed E-state index contributed by atoms with van der Waals surface area (Å²) in [5.74, 6) is -0.811. The van der Waals surface area contributed by atoms with Gasteiger partial charge in [-0.15, -0.1) is 0 Å². The van der Waals surface area contributed by atoms with Crippen LogP contribution in [-0.2, 0) is 34.0 Å². The van der Waals surface area contributed by atoms with Gasteiger partial charge in [-0.2, -0.15) is 13.2 Å². The lowest BCUT2D eigenvalue weighted by Gasteiger charge is -2.25. The second-order valence-corrected chi connectivity index (χ2v) is 11.9. The Labute approximate surface area is 202 Å². The second-order valence-electron chi connectivity index (χ2n) is 9.84. The molecule has 0 bridgehead atoms. The highest BCUT2D eigenvalue weighted by atomic mass is 32.2. The van der Waals surface area contributed by atoms with Gasteiger partial charge in [0, 0.05) is 48.3 Å². The van der Waals surface area contributed by atoms with Gasteiger partial charge in [-0.05, 0) is 42.2 Å². The third kappa shape index (κ3) is 5.54. The standard InChI is InChI=1S/C25H28F4N2O3S/c1-24(2,15-34-3)14-31-13-16(12-30-35(32,33)17-8-9-17)19-10-22(26)20(11-23(19)31)18-6-4-5-7-21(18)25(27,28)29/h4-7,10-11,13,17,30H,8-9,12,14-15H2,1-3H3. The van der Waals surface area contributed by atoms with Crippen molar-refractivity contribution in [3.8, 4) is 11.1 Å². The number of ether oxygens (including phenoxy) is 1. The van der Waals surface area contributed by atoms with Gasteiger partial charge < -0.3 is 9.30 Å². The van der Waals surface area contributed by atoms with Gasteiger partial charge in [-0.25, -0.2) is 17.5 Å². The predicted molar refractivity (Wildman–Crippen MR) is 127 cm³/mol. The Bertz CT molecular complexity index is 1340. The smallest absolute Gasteiger partial charge is 0.384 e. The number of nitrogens with zero attached hydrogens (tertiary/aromatic N) is 1. The quantitative estimate of drug-likeness (QED) is 0.373. The minimum absolute atomic E-state index is 0.0367. The van der Waals surface area contributed by atoms with E-state index in [1.54, 1.807) is 13.3 Å². The lowest BCUT2D eigenvalue weighted by atomic mass is 9.94. The number of rotatable bonds is 9. The maximum atomic E-state index is 15.3. The van der Waals surface area contributed by atoms with Crippen LogP contribution in [0.15, 0.2) is 42.6 Å². The number of nitrogens with one attached hydrogen (secondary N) is 1. The van der Waals surface area contributed by atoms with Gasteiger partial charge in [0.1, 0.15) is 5.82 Å².